The van der Waals surface area contributed by atoms with Gasteiger partial charge in [0.1, 0.15) is 12.2 Å². The summed E-state index contributed by atoms with van der Waals surface area (Å²) in [6.07, 6.45) is -4.51. The van der Waals surface area contributed by atoms with Gasteiger partial charge in [-0.3, -0.25) is 0 Å². The maximum absolute atomic E-state index is 9.25. The SMILES string of the molecule is CN1C[C@@H](O)[C@H](O)[C@H](O)[C@@H](O)C1. The van der Waals surface area contributed by atoms with Crippen LogP contribution < -0.4 is 0 Å². The van der Waals surface area contributed by atoms with Crippen molar-refractivity contribution in [3.05, 3.63) is 0 Å². The Hall–Kier alpha value is -0.200. The topological polar surface area (TPSA) is 84.2 Å². The quantitative estimate of drug-likeness (QED) is 0.325. The molecule has 1 saturated heterocycles. The van der Waals surface area contributed by atoms with Crippen LogP contribution in [0.4, 0.5) is 0 Å². The third kappa shape index (κ3) is 1.94. The van der Waals surface area contributed by atoms with Crippen LogP contribution in [0.3, 0.4) is 0 Å². The van der Waals surface area contributed by atoms with E-state index < -0.39 is 24.4 Å². The minimum absolute atomic E-state index is 0.259. The number of aliphatic hydroxyl groups excluding tert-OH is 4. The molecule has 0 amide bonds. The maximum atomic E-state index is 9.25. The standard InChI is InChI=1S/C7H15NO4/c1-8-2-4(9)6(11)7(12)5(10)3-8/h4-7,9-12H,2-3H2,1H3/t4-,5+,6+,7-. The number of nitrogens with zero attached hydrogens (tertiary/aromatic N) is 1. The zero-order valence-electron chi connectivity index (χ0n) is 6.96. The van der Waals surface area contributed by atoms with Gasteiger partial charge in [0, 0.05) is 13.1 Å². The van der Waals surface area contributed by atoms with E-state index in [0.29, 0.717) is 0 Å². The Labute approximate surface area is 70.9 Å². The molecule has 1 aliphatic rings. The predicted octanol–water partition coefficient (Wildman–Crippen LogP) is -2.62. The Balaban J connectivity index is 2.66. The van der Waals surface area contributed by atoms with Crippen molar-refractivity contribution >= 4 is 0 Å². The van der Waals surface area contributed by atoms with E-state index in [1.54, 1.807) is 11.9 Å². The Kier molecular flexibility index (Phi) is 3.03. The lowest BCUT2D eigenvalue weighted by atomic mass is 10.1. The lowest BCUT2D eigenvalue weighted by molar-refractivity contribution is -0.0894. The molecule has 1 fully saturated rings. The molecule has 4 N–H and O–H groups in total. The molecule has 0 aliphatic carbocycles. The van der Waals surface area contributed by atoms with Gasteiger partial charge in [-0.25, -0.2) is 0 Å². The third-order valence-electron chi connectivity index (χ3n) is 2.14. The summed E-state index contributed by atoms with van der Waals surface area (Å²) in [6, 6.07) is 0. The van der Waals surface area contributed by atoms with E-state index in [9.17, 15) is 20.4 Å². The number of hydrogen-bond acceptors (Lipinski definition) is 5. The average molecular weight is 177 g/mol. The molecular formula is C7H15NO4. The summed E-state index contributed by atoms with van der Waals surface area (Å²) in [5.74, 6) is 0. The van der Waals surface area contributed by atoms with Crippen molar-refractivity contribution in [2.24, 2.45) is 0 Å². The minimum atomic E-state index is -1.26. The van der Waals surface area contributed by atoms with Crippen LogP contribution in [-0.2, 0) is 0 Å². The fourth-order valence-corrected chi connectivity index (χ4v) is 1.38. The molecule has 0 aromatic heterocycles. The monoisotopic (exact) mass is 177 g/mol. The molecule has 72 valence electrons. The maximum Gasteiger partial charge on any atom is 0.110 e. The van der Waals surface area contributed by atoms with Gasteiger partial charge in [-0.05, 0) is 7.05 Å². The molecule has 5 nitrogen and oxygen atoms in total. The highest BCUT2D eigenvalue weighted by Crippen LogP contribution is 2.11. The largest absolute Gasteiger partial charge is 0.389 e. The predicted molar refractivity (Wildman–Crippen MR) is 41.5 cm³/mol. The molecule has 4 atom stereocenters. The second-order valence-corrected chi connectivity index (χ2v) is 3.34. The van der Waals surface area contributed by atoms with Crippen LogP contribution in [0.2, 0.25) is 0 Å². The highest BCUT2D eigenvalue weighted by atomic mass is 16.4. The van der Waals surface area contributed by atoms with E-state index in [1.165, 1.54) is 0 Å². The molecule has 0 radical (unpaired) electrons. The van der Waals surface area contributed by atoms with Gasteiger partial charge in [0.05, 0.1) is 12.2 Å². The number of likely N-dealkylation sites (tertiary alicyclic amines) is 1. The molecule has 1 heterocycles. The zero-order chi connectivity index (χ0) is 9.30. The van der Waals surface area contributed by atoms with Gasteiger partial charge in [0.25, 0.3) is 0 Å². The summed E-state index contributed by atoms with van der Waals surface area (Å²) in [7, 11) is 1.71. The smallest absolute Gasteiger partial charge is 0.110 e. The first-order chi connectivity index (χ1) is 5.52. The number of aliphatic hydroxyl groups is 4. The van der Waals surface area contributed by atoms with Crippen molar-refractivity contribution in [1.82, 2.24) is 4.90 Å². The van der Waals surface area contributed by atoms with E-state index in [-0.39, 0.29) is 13.1 Å². The number of likely N-dealkylation sites (N-methyl/N-ethyl adjacent to an activating group) is 1. The van der Waals surface area contributed by atoms with E-state index in [0.717, 1.165) is 0 Å². The van der Waals surface area contributed by atoms with Crippen LogP contribution in [0, 0.1) is 0 Å². The fourth-order valence-electron chi connectivity index (χ4n) is 1.38. The van der Waals surface area contributed by atoms with Crippen LogP contribution in [-0.4, -0.2) is 69.9 Å². The first-order valence-corrected chi connectivity index (χ1v) is 3.93. The van der Waals surface area contributed by atoms with E-state index >= 15 is 0 Å². The molecule has 0 unspecified atom stereocenters. The third-order valence-corrected chi connectivity index (χ3v) is 2.14. The first kappa shape index (κ1) is 9.88. The summed E-state index contributed by atoms with van der Waals surface area (Å²) in [5, 5.41) is 37.0. The van der Waals surface area contributed by atoms with E-state index in [2.05, 4.69) is 0 Å². The number of rotatable bonds is 0. The fraction of sp³-hybridized carbons (Fsp3) is 1.00. The van der Waals surface area contributed by atoms with Crippen molar-refractivity contribution < 1.29 is 20.4 Å². The van der Waals surface area contributed by atoms with E-state index in [1.807, 2.05) is 0 Å². The Bertz CT molecular complexity index is 138. The summed E-state index contributed by atoms with van der Waals surface area (Å²) in [4.78, 5) is 1.66. The summed E-state index contributed by atoms with van der Waals surface area (Å²) >= 11 is 0. The molecule has 0 bridgehead atoms. The number of hydrogen-bond donors (Lipinski definition) is 4. The minimum Gasteiger partial charge on any atom is -0.389 e. The molecule has 5 heteroatoms. The highest BCUT2D eigenvalue weighted by Gasteiger charge is 2.34. The second-order valence-electron chi connectivity index (χ2n) is 3.34. The van der Waals surface area contributed by atoms with Crippen LogP contribution in [0.15, 0.2) is 0 Å². The molecular weight excluding hydrogens is 162 g/mol. The van der Waals surface area contributed by atoms with Crippen molar-refractivity contribution in [1.29, 1.82) is 0 Å². The summed E-state index contributed by atoms with van der Waals surface area (Å²) < 4.78 is 0. The van der Waals surface area contributed by atoms with Gasteiger partial charge < -0.3 is 25.3 Å². The van der Waals surface area contributed by atoms with Crippen molar-refractivity contribution in [2.45, 2.75) is 24.4 Å². The van der Waals surface area contributed by atoms with Gasteiger partial charge in [0.2, 0.25) is 0 Å². The Morgan fingerprint density at radius 1 is 0.917 bits per heavy atom. The number of β-amino-alcohol motifs (C(OH)–C–C–N with tert-alkyl or cyclic N) is 2. The Morgan fingerprint density at radius 2 is 1.25 bits per heavy atom. The molecule has 12 heavy (non-hydrogen) atoms. The lowest BCUT2D eigenvalue weighted by Crippen LogP contribution is -2.43. The highest BCUT2D eigenvalue weighted by molar-refractivity contribution is 4.87. The lowest BCUT2D eigenvalue weighted by Gasteiger charge is -2.21. The van der Waals surface area contributed by atoms with Crippen LogP contribution in [0.25, 0.3) is 0 Å². The van der Waals surface area contributed by atoms with Crippen LogP contribution >= 0.6 is 0 Å². The molecule has 1 aliphatic heterocycles. The van der Waals surface area contributed by atoms with Gasteiger partial charge in [0.15, 0.2) is 0 Å². The molecule has 0 spiro atoms. The molecule has 0 aromatic carbocycles. The molecule has 1 rings (SSSR count). The average Bonchev–Trinajstić information content (AvgIpc) is 2.05. The van der Waals surface area contributed by atoms with Crippen molar-refractivity contribution in [2.75, 3.05) is 20.1 Å². The van der Waals surface area contributed by atoms with E-state index in [4.69, 9.17) is 0 Å². The Morgan fingerprint density at radius 3 is 1.58 bits per heavy atom. The van der Waals surface area contributed by atoms with Gasteiger partial charge in [-0.1, -0.05) is 0 Å². The van der Waals surface area contributed by atoms with Crippen molar-refractivity contribution in [3.8, 4) is 0 Å². The van der Waals surface area contributed by atoms with Gasteiger partial charge >= 0.3 is 0 Å². The normalized spacial score (nSPS) is 45.8. The first-order valence-electron chi connectivity index (χ1n) is 3.93. The van der Waals surface area contributed by atoms with Crippen molar-refractivity contribution in [3.63, 3.8) is 0 Å². The molecule has 0 saturated carbocycles. The van der Waals surface area contributed by atoms with Crippen LogP contribution in [0.1, 0.15) is 0 Å². The van der Waals surface area contributed by atoms with Gasteiger partial charge in [-0.2, -0.15) is 0 Å². The van der Waals surface area contributed by atoms with Crippen LogP contribution in [0.5, 0.6) is 0 Å². The zero-order valence-corrected chi connectivity index (χ0v) is 6.96. The summed E-state index contributed by atoms with van der Waals surface area (Å²) in [6.45, 7) is 0.518. The second kappa shape index (κ2) is 3.68. The summed E-state index contributed by atoms with van der Waals surface area (Å²) in [5.41, 5.74) is 0. The van der Waals surface area contributed by atoms with Gasteiger partial charge in [-0.15, -0.1) is 0 Å². The molecule has 0 aromatic rings.